The number of hydrogen-bond acceptors (Lipinski definition) is 3. The fourth-order valence-electron chi connectivity index (χ4n) is 4.00. The molecule has 2 aromatic carbocycles. The largest absolute Gasteiger partial charge is 0.338 e. The molecule has 1 amide bonds. The number of nitrogens with one attached hydrogen (secondary N) is 1. The third-order valence-electron chi connectivity index (χ3n) is 5.39. The number of fused-ring (bicyclic) bond motifs is 1. The second kappa shape index (κ2) is 10.7. The summed E-state index contributed by atoms with van der Waals surface area (Å²) < 4.78 is 13.3. The number of aromatic nitrogens is 1. The lowest BCUT2D eigenvalue weighted by Gasteiger charge is -2.33. The van der Waals surface area contributed by atoms with Crippen molar-refractivity contribution in [3.05, 3.63) is 66.0 Å². The fraction of sp³-hybridized carbons (Fsp3) is 0.304. The number of amides is 1. The number of benzene rings is 2. The Kier molecular flexibility index (Phi) is 8.59. The van der Waals surface area contributed by atoms with Crippen molar-refractivity contribution in [2.75, 3.05) is 26.7 Å². The quantitative estimate of drug-likeness (QED) is 0.612. The van der Waals surface area contributed by atoms with E-state index < -0.39 is 0 Å². The first-order valence-corrected chi connectivity index (χ1v) is 9.75. The molecule has 1 atom stereocenters. The van der Waals surface area contributed by atoms with Crippen molar-refractivity contribution in [2.24, 2.45) is 5.92 Å². The number of carbonyl (C=O) groups excluding carboxylic acids is 1. The molecule has 7 heteroatoms. The van der Waals surface area contributed by atoms with E-state index in [1.807, 2.05) is 42.3 Å². The van der Waals surface area contributed by atoms with Crippen molar-refractivity contribution in [2.45, 2.75) is 12.8 Å². The first-order valence-electron chi connectivity index (χ1n) is 9.75. The first-order chi connectivity index (χ1) is 13.7. The van der Waals surface area contributed by atoms with Gasteiger partial charge in [-0.15, -0.1) is 24.8 Å². The predicted molar refractivity (Wildman–Crippen MR) is 124 cm³/mol. The molecule has 0 aliphatic carbocycles. The monoisotopic (exact) mass is 449 g/mol. The minimum atomic E-state index is -0.287. The summed E-state index contributed by atoms with van der Waals surface area (Å²) in [6, 6.07) is 15.8. The molecule has 1 saturated heterocycles. The molecule has 3 aromatic rings. The lowest BCUT2D eigenvalue weighted by atomic mass is 9.96. The maximum Gasteiger partial charge on any atom is 0.254 e. The highest BCUT2D eigenvalue weighted by molar-refractivity contribution is 6.07. The molecule has 4 rings (SSSR count). The number of hydrogen-bond donors (Lipinski definition) is 1. The lowest BCUT2D eigenvalue weighted by Crippen LogP contribution is -2.42. The standard InChI is InChI=1S/C23H24FN3O.2ClH/c1-25-14-16-5-4-12-27(15-16)23(28)20-13-22(17-8-10-18(24)11-9-17)26-21-7-3-2-6-19(20)21;;/h2-3,6-11,13,16,25H,4-5,12,14-15H2,1H3;2*1H. The van der Waals surface area contributed by atoms with Gasteiger partial charge >= 0.3 is 0 Å². The van der Waals surface area contributed by atoms with Gasteiger partial charge < -0.3 is 10.2 Å². The Morgan fingerprint density at radius 3 is 2.63 bits per heavy atom. The summed E-state index contributed by atoms with van der Waals surface area (Å²) >= 11 is 0. The molecule has 160 valence electrons. The number of likely N-dealkylation sites (tertiary alicyclic amines) is 1. The summed E-state index contributed by atoms with van der Waals surface area (Å²) in [7, 11) is 1.95. The average Bonchev–Trinajstić information content (AvgIpc) is 2.73. The van der Waals surface area contributed by atoms with Gasteiger partial charge in [-0.25, -0.2) is 9.37 Å². The normalized spacial score (nSPS) is 15.9. The van der Waals surface area contributed by atoms with Crippen LogP contribution < -0.4 is 5.32 Å². The molecule has 1 unspecified atom stereocenters. The van der Waals surface area contributed by atoms with Crippen LogP contribution in [0, 0.1) is 11.7 Å². The van der Waals surface area contributed by atoms with E-state index in [4.69, 9.17) is 4.98 Å². The molecule has 0 saturated carbocycles. The Balaban J connectivity index is 0.00000160. The van der Waals surface area contributed by atoms with Crippen molar-refractivity contribution in [3.8, 4) is 11.3 Å². The minimum absolute atomic E-state index is 0. The van der Waals surface area contributed by atoms with Crippen molar-refractivity contribution >= 4 is 41.6 Å². The fourth-order valence-corrected chi connectivity index (χ4v) is 4.00. The topological polar surface area (TPSA) is 45.2 Å². The summed E-state index contributed by atoms with van der Waals surface area (Å²) in [6.07, 6.45) is 2.16. The summed E-state index contributed by atoms with van der Waals surface area (Å²) in [5.74, 6) is 0.236. The van der Waals surface area contributed by atoms with E-state index in [0.29, 0.717) is 17.2 Å². The molecule has 30 heavy (non-hydrogen) atoms. The second-order valence-corrected chi connectivity index (χ2v) is 7.40. The molecule has 1 aromatic heterocycles. The van der Waals surface area contributed by atoms with Crippen LogP contribution in [0.25, 0.3) is 22.2 Å². The number of nitrogens with zero attached hydrogens (tertiary/aromatic N) is 2. The molecule has 1 aliphatic heterocycles. The van der Waals surface area contributed by atoms with Gasteiger partial charge in [-0.05, 0) is 68.8 Å². The van der Waals surface area contributed by atoms with Crippen molar-refractivity contribution in [3.63, 3.8) is 0 Å². The van der Waals surface area contributed by atoms with Crippen LogP contribution in [0.3, 0.4) is 0 Å². The molecular weight excluding hydrogens is 424 g/mol. The van der Waals surface area contributed by atoms with Gasteiger partial charge in [0.05, 0.1) is 16.8 Å². The number of piperidine rings is 1. The zero-order valence-electron chi connectivity index (χ0n) is 16.8. The third-order valence-corrected chi connectivity index (χ3v) is 5.39. The summed E-state index contributed by atoms with van der Waals surface area (Å²) in [5, 5.41) is 4.08. The van der Waals surface area contributed by atoms with Gasteiger partial charge in [0.25, 0.3) is 5.91 Å². The molecule has 1 fully saturated rings. The Bertz CT molecular complexity index is 995. The summed E-state index contributed by atoms with van der Waals surface area (Å²) in [5.41, 5.74) is 2.92. The van der Waals surface area contributed by atoms with E-state index >= 15 is 0 Å². The average molecular weight is 450 g/mol. The third kappa shape index (κ3) is 5.09. The van der Waals surface area contributed by atoms with Gasteiger partial charge in [-0.2, -0.15) is 0 Å². The SMILES string of the molecule is CNCC1CCCN(C(=O)c2cc(-c3ccc(F)cc3)nc3ccccc23)C1.Cl.Cl. The summed E-state index contributed by atoms with van der Waals surface area (Å²) in [4.78, 5) is 20.1. The minimum Gasteiger partial charge on any atom is -0.338 e. The maximum atomic E-state index is 13.4. The number of halogens is 3. The zero-order chi connectivity index (χ0) is 19.5. The molecule has 1 N–H and O–H groups in total. The highest BCUT2D eigenvalue weighted by Crippen LogP contribution is 2.27. The van der Waals surface area contributed by atoms with Gasteiger partial charge in [0, 0.05) is 24.0 Å². The smallest absolute Gasteiger partial charge is 0.254 e. The van der Waals surface area contributed by atoms with E-state index in [1.165, 1.54) is 12.1 Å². The van der Waals surface area contributed by atoms with Crippen LogP contribution in [-0.2, 0) is 0 Å². The van der Waals surface area contributed by atoms with E-state index in [-0.39, 0.29) is 36.5 Å². The van der Waals surface area contributed by atoms with Crippen molar-refractivity contribution < 1.29 is 9.18 Å². The van der Waals surface area contributed by atoms with Crippen LogP contribution in [-0.4, -0.2) is 42.5 Å². The van der Waals surface area contributed by atoms with Crippen molar-refractivity contribution in [1.82, 2.24) is 15.2 Å². The van der Waals surface area contributed by atoms with Crippen LogP contribution in [0.1, 0.15) is 23.2 Å². The zero-order valence-corrected chi connectivity index (χ0v) is 18.4. The highest BCUT2D eigenvalue weighted by atomic mass is 35.5. The van der Waals surface area contributed by atoms with E-state index in [2.05, 4.69) is 5.32 Å². The van der Waals surface area contributed by atoms with Crippen LogP contribution in [0.4, 0.5) is 4.39 Å². The molecule has 0 radical (unpaired) electrons. The Labute approximate surface area is 188 Å². The Hall–Kier alpha value is -2.21. The van der Waals surface area contributed by atoms with Crippen molar-refractivity contribution in [1.29, 1.82) is 0 Å². The number of rotatable bonds is 4. The van der Waals surface area contributed by atoms with Crippen LogP contribution in [0.2, 0.25) is 0 Å². The van der Waals surface area contributed by atoms with Gasteiger partial charge in [0.15, 0.2) is 0 Å². The number of pyridine rings is 1. The highest BCUT2D eigenvalue weighted by Gasteiger charge is 2.25. The lowest BCUT2D eigenvalue weighted by molar-refractivity contribution is 0.0676. The van der Waals surface area contributed by atoms with E-state index in [0.717, 1.165) is 48.9 Å². The second-order valence-electron chi connectivity index (χ2n) is 7.40. The predicted octanol–water partition coefficient (Wildman–Crippen LogP) is 4.96. The number of carbonyl (C=O) groups is 1. The van der Waals surface area contributed by atoms with Crippen LogP contribution >= 0.6 is 24.8 Å². The summed E-state index contributed by atoms with van der Waals surface area (Å²) in [6.45, 7) is 2.46. The van der Waals surface area contributed by atoms with Gasteiger partial charge in [-0.3, -0.25) is 4.79 Å². The van der Waals surface area contributed by atoms with Crippen LogP contribution in [0.5, 0.6) is 0 Å². The van der Waals surface area contributed by atoms with Gasteiger partial charge in [-0.1, -0.05) is 18.2 Å². The van der Waals surface area contributed by atoms with Gasteiger partial charge in [0.2, 0.25) is 0 Å². The van der Waals surface area contributed by atoms with Crippen LogP contribution in [0.15, 0.2) is 54.6 Å². The molecule has 1 aliphatic rings. The number of para-hydroxylation sites is 1. The molecule has 2 heterocycles. The van der Waals surface area contributed by atoms with Gasteiger partial charge in [0.1, 0.15) is 5.82 Å². The Morgan fingerprint density at radius 1 is 1.17 bits per heavy atom. The van der Waals surface area contributed by atoms with E-state index in [1.54, 1.807) is 12.1 Å². The Morgan fingerprint density at radius 2 is 1.90 bits per heavy atom. The molecule has 4 nitrogen and oxygen atoms in total. The molecule has 0 spiro atoms. The van der Waals surface area contributed by atoms with E-state index in [9.17, 15) is 9.18 Å². The first kappa shape index (κ1) is 24.1. The molecule has 0 bridgehead atoms. The molecular formula is C23H26Cl2FN3O. The maximum absolute atomic E-state index is 13.4.